The molecule has 0 aliphatic carbocycles. The summed E-state index contributed by atoms with van der Waals surface area (Å²) in [6.45, 7) is 3.14. The molecule has 0 aromatic carbocycles. The molecule has 3 nitrogen and oxygen atoms in total. The van der Waals surface area contributed by atoms with Crippen molar-refractivity contribution in [2.45, 2.75) is 32.9 Å². The Morgan fingerprint density at radius 2 is 1.65 bits per heavy atom. The largest absolute Gasteiger partial charge is 0.471 e. The third-order valence-corrected chi connectivity index (χ3v) is 3.42. The van der Waals surface area contributed by atoms with Gasteiger partial charge >= 0.3 is 12.1 Å². The first kappa shape index (κ1) is 16.4. The van der Waals surface area contributed by atoms with Crippen LogP contribution in [0.25, 0.3) is 0 Å². The molecule has 0 rings (SSSR count). The van der Waals surface area contributed by atoms with Crippen LogP contribution in [-0.2, 0) is 9.59 Å². The zero-order chi connectivity index (χ0) is 13.7. The van der Waals surface area contributed by atoms with Crippen molar-refractivity contribution in [3.63, 3.8) is 0 Å². The van der Waals surface area contributed by atoms with Gasteiger partial charge in [-0.1, -0.05) is 29.8 Å². The maximum atomic E-state index is 12.0. The van der Waals surface area contributed by atoms with E-state index in [1.165, 1.54) is 0 Å². The number of ketones is 1. The monoisotopic (exact) mass is 317 g/mol. The van der Waals surface area contributed by atoms with Gasteiger partial charge in [0.25, 0.3) is 0 Å². The predicted octanol–water partition coefficient (Wildman–Crippen LogP) is 2.44. The normalized spacial score (nSPS) is 12.4. The molecule has 100 valence electrons. The van der Waals surface area contributed by atoms with Crippen molar-refractivity contribution in [2.75, 3.05) is 11.9 Å². The van der Waals surface area contributed by atoms with E-state index < -0.39 is 17.5 Å². The zero-order valence-electron chi connectivity index (χ0n) is 9.66. The van der Waals surface area contributed by atoms with Gasteiger partial charge in [-0.3, -0.25) is 9.59 Å². The topological polar surface area (TPSA) is 46.2 Å². The maximum Gasteiger partial charge on any atom is 0.471 e. The highest BCUT2D eigenvalue weighted by Gasteiger charge is 2.41. The molecular weight excluding hydrogens is 303 g/mol. The fourth-order valence-corrected chi connectivity index (χ4v) is 2.08. The van der Waals surface area contributed by atoms with Crippen LogP contribution in [0.1, 0.15) is 26.7 Å². The Labute approximate surface area is 106 Å². The molecule has 7 heteroatoms. The predicted molar refractivity (Wildman–Crippen MR) is 60.9 cm³/mol. The van der Waals surface area contributed by atoms with Gasteiger partial charge in [0, 0.05) is 12.0 Å². The van der Waals surface area contributed by atoms with Crippen molar-refractivity contribution in [3.8, 4) is 0 Å². The van der Waals surface area contributed by atoms with Gasteiger partial charge in [0.1, 0.15) is 0 Å². The number of nitrogens with one attached hydrogen (secondary N) is 1. The summed E-state index contributed by atoms with van der Waals surface area (Å²) < 4.78 is 36.0. The Morgan fingerprint density at radius 3 is 1.94 bits per heavy atom. The molecule has 1 amide bonds. The van der Waals surface area contributed by atoms with Crippen molar-refractivity contribution in [1.29, 1.82) is 0 Å². The van der Waals surface area contributed by atoms with Gasteiger partial charge < -0.3 is 5.32 Å². The molecule has 0 unspecified atom stereocenters. The molecule has 0 spiro atoms. The van der Waals surface area contributed by atoms with E-state index in [1.807, 2.05) is 0 Å². The van der Waals surface area contributed by atoms with Crippen molar-refractivity contribution in [3.05, 3.63) is 0 Å². The lowest BCUT2D eigenvalue weighted by atomic mass is 9.78. The van der Waals surface area contributed by atoms with Gasteiger partial charge in [0.05, 0.1) is 5.33 Å². The van der Waals surface area contributed by atoms with Crippen LogP contribution in [0, 0.1) is 5.41 Å². The van der Waals surface area contributed by atoms with E-state index in [4.69, 9.17) is 0 Å². The SMILES string of the molecule is CCC(CC)(CNC(=O)C(F)(F)F)C(=O)CBr. The zero-order valence-corrected chi connectivity index (χ0v) is 11.2. The minimum absolute atomic E-state index is 0.0660. The van der Waals surface area contributed by atoms with E-state index in [9.17, 15) is 22.8 Å². The van der Waals surface area contributed by atoms with Crippen LogP contribution in [0.3, 0.4) is 0 Å². The van der Waals surface area contributed by atoms with Gasteiger partial charge in [-0.05, 0) is 12.8 Å². The molecule has 17 heavy (non-hydrogen) atoms. The second-order valence-electron chi connectivity index (χ2n) is 3.72. The highest BCUT2D eigenvalue weighted by Crippen LogP contribution is 2.28. The fourth-order valence-electron chi connectivity index (χ4n) is 1.48. The number of carbonyl (C=O) groups excluding carboxylic acids is 2. The number of alkyl halides is 4. The standard InChI is InChI=1S/C10H15BrF3NO2/c1-3-9(4-2,7(16)5-11)6-15-8(17)10(12,13)14/h3-6H2,1-2H3,(H,15,17). The average Bonchev–Trinajstić information content (AvgIpc) is 2.28. The second-order valence-corrected chi connectivity index (χ2v) is 4.29. The Hall–Kier alpha value is -0.590. The molecule has 0 saturated carbocycles. The highest BCUT2D eigenvalue weighted by molar-refractivity contribution is 9.09. The number of hydrogen-bond acceptors (Lipinski definition) is 2. The Balaban J connectivity index is 4.69. The smallest absolute Gasteiger partial charge is 0.347 e. The van der Waals surface area contributed by atoms with Gasteiger partial charge in [-0.15, -0.1) is 0 Å². The molecule has 0 aliphatic heterocycles. The molecule has 0 radical (unpaired) electrons. The number of amides is 1. The Morgan fingerprint density at radius 1 is 1.18 bits per heavy atom. The average molecular weight is 318 g/mol. The van der Waals surface area contributed by atoms with Crippen LogP contribution in [0.5, 0.6) is 0 Å². The summed E-state index contributed by atoms with van der Waals surface area (Å²) in [6.07, 6.45) is -4.15. The first-order chi connectivity index (χ1) is 7.73. The first-order valence-electron chi connectivity index (χ1n) is 5.17. The lowest BCUT2D eigenvalue weighted by Gasteiger charge is -2.29. The van der Waals surface area contributed by atoms with Gasteiger partial charge in [-0.25, -0.2) is 0 Å². The minimum atomic E-state index is -4.91. The molecule has 0 aromatic rings. The van der Waals surface area contributed by atoms with Crippen molar-refractivity contribution in [1.82, 2.24) is 5.32 Å². The molecule has 0 aliphatic rings. The highest BCUT2D eigenvalue weighted by atomic mass is 79.9. The molecule has 0 aromatic heterocycles. The third kappa shape index (κ3) is 4.29. The van der Waals surface area contributed by atoms with Crippen LogP contribution in [0.2, 0.25) is 0 Å². The minimum Gasteiger partial charge on any atom is -0.347 e. The molecule has 0 atom stereocenters. The van der Waals surface area contributed by atoms with E-state index in [2.05, 4.69) is 15.9 Å². The summed E-state index contributed by atoms with van der Waals surface area (Å²) >= 11 is 2.99. The Bertz CT molecular complexity index is 288. The summed E-state index contributed by atoms with van der Waals surface area (Å²) in [5.41, 5.74) is -0.926. The van der Waals surface area contributed by atoms with Crippen molar-refractivity contribution >= 4 is 27.6 Å². The van der Waals surface area contributed by atoms with Gasteiger partial charge in [-0.2, -0.15) is 13.2 Å². The van der Waals surface area contributed by atoms with E-state index in [-0.39, 0.29) is 17.7 Å². The summed E-state index contributed by atoms with van der Waals surface area (Å²) in [5.74, 6) is -2.21. The van der Waals surface area contributed by atoms with Crippen molar-refractivity contribution < 1.29 is 22.8 Å². The Kier molecular flexibility index (Phi) is 6.15. The number of carbonyl (C=O) groups is 2. The third-order valence-electron chi connectivity index (χ3n) is 2.91. The molecule has 0 fully saturated rings. The quantitative estimate of drug-likeness (QED) is 0.765. The van der Waals surface area contributed by atoms with Crippen LogP contribution in [0.15, 0.2) is 0 Å². The van der Waals surface area contributed by atoms with Gasteiger partial charge in [0.15, 0.2) is 5.78 Å². The lowest BCUT2D eigenvalue weighted by molar-refractivity contribution is -0.174. The van der Waals surface area contributed by atoms with E-state index in [1.54, 1.807) is 19.2 Å². The summed E-state index contributed by atoms with van der Waals surface area (Å²) in [4.78, 5) is 22.4. The maximum absolute atomic E-state index is 12.0. The summed E-state index contributed by atoms with van der Waals surface area (Å²) in [5, 5.41) is 1.84. The summed E-state index contributed by atoms with van der Waals surface area (Å²) in [6, 6.07) is 0. The number of halogens is 4. The van der Waals surface area contributed by atoms with Crippen molar-refractivity contribution in [2.24, 2.45) is 5.41 Å². The van der Waals surface area contributed by atoms with Crippen LogP contribution < -0.4 is 5.32 Å². The number of rotatable bonds is 6. The molecule has 1 N–H and O–H groups in total. The molecule has 0 saturated heterocycles. The van der Waals surface area contributed by atoms with E-state index in [0.29, 0.717) is 12.8 Å². The van der Waals surface area contributed by atoms with Gasteiger partial charge in [0.2, 0.25) is 0 Å². The first-order valence-corrected chi connectivity index (χ1v) is 6.30. The lowest BCUT2D eigenvalue weighted by Crippen LogP contribution is -2.46. The van der Waals surface area contributed by atoms with Crippen LogP contribution >= 0.6 is 15.9 Å². The second kappa shape index (κ2) is 6.37. The molecule has 0 bridgehead atoms. The molecular formula is C10H15BrF3NO2. The van der Waals surface area contributed by atoms with E-state index >= 15 is 0 Å². The van der Waals surface area contributed by atoms with Crippen LogP contribution in [-0.4, -0.2) is 29.7 Å². The molecule has 0 heterocycles. The van der Waals surface area contributed by atoms with E-state index in [0.717, 1.165) is 0 Å². The number of hydrogen-bond donors (Lipinski definition) is 1. The fraction of sp³-hybridized carbons (Fsp3) is 0.800. The summed E-state index contributed by atoms with van der Waals surface area (Å²) in [7, 11) is 0. The van der Waals surface area contributed by atoms with Crippen LogP contribution in [0.4, 0.5) is 13.2 Å². The number of Topliss-reactive ketones (excluding diaryl/α,β-unsaturated/α-hetero) is 1.